The van der Waals surface area contributed by atoms with Gasteiger partial charge in [-0.15, -0.1) is 11.3 Å². The van der Waals surface area contributed by atoms with E-state index in [4.69, 9.17) is 11.6 Å². The number of thiophene rings is 1. The van der Waals surface area contributed by atoms with Gasteiger partial charge in [0.25, 0.3) is 0 Å². The normalized spacial score (nSPS) is 10.4. The summed E-state index contributed by atoms with van der Waals surface area (Å²) in [5, 5.41) is 5.54. The number of hydrogen-bond donors (Lipinski definition) is 1. The highest BCUT2D eigenvalue weighted by Gasteiger charge is 2.03. The Morgan fingerprint density at radius 2 is 2.38 bits per heavy atom. The zero-order valence-corrected chi connectivity index (χ0v) is 11.4. The van der Waals surface area contributed by atoms with Crippen molar-refractivity contribution in [2.45, 2.75) is 6.42 Å². The number of aromatic nitrogens is 2. The molecule has 0 saturated carbocycles. The first-order valence-electron chi connectivity index (χ1n) is 4.70. The smallest absolute Gasteiger partial charge is 0.224 e. The third kappa shape index (κ3) is 3.17. The molecule has 84 valence electrons. The van der Waals surface area contributed by atoms with Crippen LogP contribution in [0.1, 0.15) is 4.88 Å². The fourth-order valence-corrected chi connectivity index (χ4v) is 2.40. The van der Waals surface area contributed by atoms with Gasteiger partial charge in [0, 0.05) is 17.6 Å². The molecular formula is C10H9BrClN3S. The molecule has 3 nitrogen and oxygen atoms in total. The molecule has 2 aromatic heterocycles. The lowest BCUT2D eigenvalue weighted by Crippen LogP contribution is -2.06. The van der Waals surface area contributed by atoms with Crippen LogP contribution in [0.25, 0.3) is 0 Å². The first-order valence-corrected chi connectivity index (χ1v) is 6.75. The Hall–Kier alpha value is -0.650. The van der Waals surface area contributed by atoms with Gasteiger partial charge in [0.15, 0.2) is 0 Å². The van der Waals surface area contributed by atoms with Gasteiger partial charge in [-0.3, -0.25) is 0 Å². The molecule has 0 amide bonds. The van der Waals surface area contributed by atoms with E-state index >= 15 is 0 Å². The first-order chi connectivity index (χ1) is 7.75. The molecule has 2 aromatic rings. The lowest BCUT2D eigenvalue weighted by molar-refractivity contribution is 1.01. The molecule has 0 aliphatic rings. The van der Waals surface area contributed by atoms with Gasteiger partial charge >= 0.3 is 0 Å². The second kappa shape index (κ2) is 5.61. The van der Waals surface area contributed by atoms with Gasteiger partial charge in [-0.2, -0.15) is 4.98 Å². The number of nitrogens with one attached hydrogen (secondary N) is 1. The van der Waals surface area contributed by atoms with E-state index in [1.165, 1.54) is 4.88 Å². The Bertz CT molecular complexity index is 461. The fraction of sp³-hybridized carbons (Fsp3) is 0.200. The minimum atomic E-state index is 0.252. The van der Waals surface area contributed by atoms with Crippen LogP contribution in [0.5, 0.6) is 0 Å². The highest BCUT2D eigenvalue weighted by atomic mass is 79.9. The summed E-state index contributed by atoms with van der Waals surface area (Å²) >= 11 is 10.8. The summed E-state index contributed by atoms with van der Waals surface area (Å²) in [7, 11) is 0. The molecule has 0 fully saturated rings. The van der Waals surface area contributed by atoms with Crippen molar-refractivity contribution in [2.75, 3.05) is 11.9 Å². The van der Waals surface area contributed by atoms with E-state index in [1.807, 2.05) is 0 Å². The van der Waals surface area contributed by atoms with E-state index in [0.717, 1.165) is 23.3 Å². The van der Waals surface area contributed by atoms with Crippen LogP contribution in [0.15, 0.2) is 28.2 Å². The maximum Gasteiger partial charge on any atom is 0.224 e. The Morgan fingerprint density at radius 3 is 3.12 bits per heavy atom. The van der Waals surface area contributed by atoms with E-state index in [1.54, 1.807) is 17.5 Å². The topological polar surface area (TPSA) is 37.8 Å². The average Bonchev–Trinajstić information content (AvgIpc) is 2.76. The van der Waals surface area contributed by atoms with E-state index in [0.29, 0.717) is 0 Å². The molecule has 2 heterocycles. The van der Waals surface area contributed by atoms with Gasteiger partial charge < -0.3 is 5.32 Å². The molecule has 0 aromatic carbocycles. The van der Waals surface area contributed by atoms with Gasteiger partial charge in [0.05, 0.1) is 4.47 Å². The van der Waals surface area contributed by atoms with Gasteiger partial charge in [0.2, 0.25) is 5.28 Å². The van der Waals surface area contributed by atoms with Crippen LogP contribution in [0.2, 0.25) is 5.28 Å². The fourth-order valence-electron chi connectivity index (χ4n) is 1.23. The van der Waals surface area contributed by atoms with Crippen molar-refractivity contribution in [1.82, 2.24) is 9.97 Å². The molecule has 0 bridgehead atoms. The lowest BCUT2D eigenvalue weighted by atomic mass is 10.3. The Labute approximate surface area is 111 Å². The van der Waals surface area contributed by atoms with Crippen LogP contribution in [-0.2, 0) is 6.42 Å². The van der Waals surface area contributed by atoms with Crippen molar-refractivity contribution in [1.29, 1.82) is 0 Å². The van der Waals surface area contributed by atoms with E-state index in [-0.39, 0.29) is 5.28 Å². The summed E-state index contributed by atoms with van der Waals surface area (Å²) in [6, 6.07) is 4.17. The third-order valence-corrected chi connectivity index (χ3v) is 3.66. The predicted octanol–water partition coefficient (Wildman–Crippen LogP) is 3.61. The molecular weight excluding hydrogens is 310 g/mol. The average molecular weight is 319 g/mol. The maximum atomic E-state index is 5.71. The van der Waals surface area contributed by atoms with Crippen molar-refractivity contribution in [3.05, 3.63) is 38.3 Å². The minimum absolute atomic E-state index is 0.252. The summed E-state index contributed by atoms with van der Waals surface area (Å²) in [4.78, 5) is 9.31. The summed E-state index contributed by atoms with van der Waals surface area (Å²) in [6.45, 7) is 0.826. The zero-order chi connectivity index (χ0) is 11.4. The molecule has 0 radical (unpaired) electrons. The van der Waals surface area contributed by atoms with Crippen LogP contribution >= 0.6 is 38.9 Å². The van der Waals surface area contributed by atoms with Gasteiger partial charge in [-0.1, -0.05) is 6.07 Å². The van der Waals surface area contributed by atoms with Crippen LogP contribution < -0.4 is 5.32 Å². The monoisotopic (exact) mass is 317 g/mol. The molecule has 0 aliphatic carbocycles. The molecule has 2 rings (SSSR count). The summed E-state index contributed by atoms with van der Waals surface area (Å²) in [5.74, 6) is 0.733. The molecule has 0 aliphatic heterocycles. The third-order valence-electron chi connectivity index (χ3n) is 1.96. The van der Waals surface area contributed by atoms with Crippen molar-refractivity contribution in [2.24, 2.45) is 0 Å². The van der Waals surface area contributed by atoms with Crippen molar-refractivity contribution < 1.29 is 0 Å². The van der Waals surface area contributed by atoms with Crippen molar-refractivity contribution >= 4 is 44.7 Å². The Morgan fingerprint density at radius 1 is 1.50 bits per heavy atom. The summed E-state index contributed by atoms with van der Waals surface area (Å²) in [5.41, 5.74) is 0. The van der Waals surface area contributed by atoms with Crippen LogP contribution in [-0.4, -0.2) is 16.5 Å². The highest BCUT2D eigenvalue weighted by Crippen LogP contribution is 2.20. The van der Waals surface area contributed by atoms with E-state index in [9.17, 15) is 0 Å². The lowest BCUT2D eigenvalue weighted by Gasteiger charge is -2.06. The Kier molecular flexibility index (Phi) is 4.15. The molecule has 0 spiro atoms. The standard InChI is InChI=1S/C10H9BrClN3S/c11-8-6-14-10(12)15-9(8)13-4-3-7-2-1-5-16-7/h1-2,5-6H,3-4H2,(H,13,14,15). The second-order valence-corrected chi connectivity index (χ2v) is 5.32. The van der Waals surface area contributed by atoms with Crippen LogP contribution in [0.3, 0.4) is 0 Å². The SMILES string of the molecule is Clc1ncc(Br)c(NCCc2cccs2)n1. The second-order valence-electron chi connectivity index (χ2n) is 3.09. The number of anilines is 1. The maximum absolute atomic E-state index is 5.71. The van der Waals surface area contributed by atoms with Crippen LogP contribution in [0, 0.1) is 0 Å². The van der Waals surface area contributed by atoms with Crippen molar-refractivity contribution in [3.63, 3.8) is 0 Å². The minimum Gasteiger partial charge on any atom is -0.369 e. The Balaban J connectivity index is 1.92. The first kappa shape index (κ1) is 11.8. The zero-order valence-electron chi connectivity index (χ0n) is 8.28. The highest BCUT2D eigenvalue weighted by molar-refractivity contribution is 9.10. The molecule has 0 saturated heterocycles. The summed E-state index contributed by atoms with van der Waals surface area (Å²) in [6.07, 6.45) is 2.62. The molecule has 6 heteroatoms. The molecule has 0 atom stereocenters. The van der Waals surface area contributed by atoms with Gasteiger partial charge in [-0.25, -0.2) is 4.98 Å². The number of halogens is 2. The predicted molar refractivity (Wildman–Crippen MR) is 71.3 cm³/mol. The largest absolute Gasteiger partial charge is 0.369 e. The van der Waals surface area contributed by atoms with E-state index < -0.39 is 0 Å². The molecule has 16 heavy (non-hydrogen) atoms. The van der Waals surface area contributed by atoms with Crippen LogP contribution in [0.4, 0.5) is 5.82 Å². The molecule has 1 N–H and O–H groups in total. The van der Waals surface area contributed by atoms with Gasteiger partial charge in [0.1, 0.15) is 5.82 Å². The van der Waals surface area contributed by atoms with Gasteiger partial charge in [-0.05, 0) is 45.4 Å². The number of nitrogens with zero attached hydrogens (tertiary/aromatic N) is 2. The van der Waals surface area contributed by atoms with Crippen molar-refractivity contribution in [3.8, 4) is 0 Å². The molecule has 0 unspecified atom stereocenters. The number of hydrogen-bond acceptors (Lipinski definition) is 4. The summed E-state index contributed by atoms with van der Waals surface area (Å²) < 4.78 is 0.822. The quantitative estimate of drug-likeness (QED) is 0.875. The van der Waals surface area contributed by atoms with E-state index in [2.05, 4.69) is 48.7 Å². The number of rotatable bonds is 4.